The molecule has 0 unspecified atom stereocenters. The number of nitrogens with zero attached hydrogens (tertiary/aromatic N) is 2. The molecule has 0 amide bonds. The maximum atomic E-state index is 5.71. The fraction of sp³-hybridized carbons (Fsp3) is 0.231. The van der Waals surface area contributed by atoms with Crippen molar-refractivity contribution in [3.8, 4) is 17.0 Å². The van der Waals surface area contributed by atoms with E-state index in [-0.39, 0.29) is 5.11 Å². The van der Waals surface area contributed by atoms with E-state index < -0.39 is 0 Å². The molecule has 5 nitrogen and oxygen atoms in total. The van der Waals surface area contributed by atoms with Gasteiger partial charge in [0.2, 0.25) is 0 Å². The SMILES string of the molecule is COc1ccccc1-c1nn(C(N)=S)c2c1CCN2. The molecule has 1 aliphatic rings. The lowest BCUT2D eigenvalue weighted by Crippen LogP contribution is -2.22. The van der Waals surface area contributed by atoms with E-state index in [1.54, 1.807) is 11.8 Å². The summed E-state index contributed by atoms with van der Waals surface area (Å²) in [4.78, 5) is 0. The van der Waals surface area contributed by atoms with Crippen molar-refractivity contribution >= 4 is 23.1 Å². The Morgan fingerprint density at radius 1 is 1.47 bits per heavy atom. The van der Waals surface area contributed by atoms with E-state index in [2.05, 4.69) is 10.4 Å². The van der Waals surface area contributed by atoms with Gasteiger partial charge in [0.15, 0.2) is 5.11 Å². The Hall–Kier alpha value is -2.08. The van der Waals surface area contributed by atoms with Gasteiger partial charge in [-0.25, -0.2) is 0 Å². The summed E-state index contributed by atoms with van der Waals surface area (Å²) in [5.41, 5.74) is 8.68. The zero-order valence-electron chi connectivity index (χ0n) is 10.5. The van der Waals surface area contributed by atoms with E-state index in [9.17, 15) is 0 Å². The van der Waals surface area contributed by atoms with Gasteiger partial charge in [0.05, 0.1) is 7.11 Å². The van der Waals surface area contributed by atoms with E-state index >= 15 is 0 Å². The Bertz CT molecular complexity index is 650. The molecule has 1 aromatic heterocycles. The number of rotatable bonds is 2. The van der Waals surface area contributed by atoms with Crippen molar-refractivity contribution in [2.24, 2.45) is 5.73 Å². The van der Waals surface area contributed by atoms with Crippen LogP contribution < -0.4 is 15.8 Å². The molecule has 0 saturated heterocycles. The highest BCUT2D eigenvalue weighted by Gasteiger charge is 2.25. The molecular formula is C13H14N4OS. The largest absolute Gasteiger partial charge is 0.496 e. The number of methoxy groups -OCH3 is 1. The fourth-order valence-electron chi connectivity index (χ4n) is 2.39. The van der Waals surface area contributed by atoms with Crippen LogP contribution in [0.1, 0.15) is 5.56 Å². The summed E-state index contributed by atoms with van der Waals surface area (Å²) in [5.74, 6) is 1.69. The number of thiocarbonyl (C=S) groups is 1. The molecule has 0 radical (unpaired) electrons. The second-order valence-electron chi connectivity index (χ2n) is 4.30. The molecule has 98 valence electrons. The minimum atomic E-state index is 0.242. The lowest BCUT2D eigenvalue weighted by Gasteiger charge is -2.06. The zero-order chi connectivity index (χ0) is 13.4. The van der Waals surface area contributed by atoms with Gasteiger partial charge in [-0.15, -0.1) is 0 Å². The van der Waals surface area contributed by atoms with Crippen molar-refractivity contribution in [1.29, 1.82) is 0 Å². The standard InChI is InChI=1S/C13H14N4OS/c1-18-10-5-3-2-4-8(10)11-9-6-7-15-12(9)17(16-11)13(14)19/h2-5,15H,6-7H2,1H3,(H2,14,19). The fourth-order valence-corrected chi connectivity index (χ4v) is 2.52. The summed E-state index contributed by atoms with van der Waals surface area (Å²) in [6.45, 7) is 0.873. The molecule has 0 spiro atoms. The number of ether oxygens (including phenoxy) is 1. The summed E-state index contributed by atoms with van der Waals surface area (Å²) in [7, 11) is 1.65. The summed E-state index contributed by atoms with van der Waals surface area (Å²) in [6, 6.07) is 7.81. The van der Waals surface area contributed by atoms with Crippen LogP contribution in [0.2, 0.25) is 0 Å². The Morgan fingerprint density at radius 3 is 3.00 bits per heavy atom. The summed E-state index contributed by atoms with van der Waals surface area (Å²) in [6.07, 6.45) is 0.908. The summed E-state index contributed by atoms with van der Waals surface area (Å²) in [5, 5.41) is 8.03. The normalized spacial score (nSPS) is 12.9. The number of nitrogens with two attached hydrogens (primary N) is 1. The molecule has 19 heavy (non-hydrogen) atoms. The molecule has 6 heteroatoms. The van der Waals surface area contributed by atoms with E-state index in [1.165, 1.54) is 0 Å². The monoisotopic (exact) mass is 274 g/mol. The third-order valence-electron chi connectivity index (χ3n) is 3.22. The van der Waals surface area contributed by atoms with Gasteiger partial charge in [0.1, 0.15) is 17.3 Å². The predicted molar refractivity (Wildman–Crippen MR) is 78.6 cm³/mol. The minimum Gasteiger partial charge on any atom is -0.496 e. The van der Waals surface area contributed by atoms with Crippen LogP contribution in [0.3, 0.4) is 0 Å². The molecule has 3 N–H and O–H groups in total. The number of nitrogens with one attached hydrogen (secondary N) is 1. The van der Waals surface area contributed by atoms with Crippen molar-refractivity contribution < 1.29 is 4.74 Å². The van der Waals surface area contributed by atoms with Gasteiger partial charge in [0.25, 0.3) is 0 Å². The van der Waals surface area contributed by atoms with Crippen LogP contribution in [0.25, 0.3) is 11.3 Å². The highest BCUT2D eigenvalue weighted by atomic mass is 32.1. The molecule has 0 aliphatic carbocycles. The predicted octanol–water partition coefficient (Wildman–Crippen LogP) is 1.62. The average Bonchev–Trinajstić information content (AvgIpc) is 2.99. The van der Waals surface area contributed by atoms with Gasteiger partial charge in [-0.1, -0.05) is 12.1 Å². The van der Waals surface area contributed by atoms with Gasteiger partial charge in [-0.3, -0.25) is 0 Å². The zero-order valence-corrected chi connectivity index (χ0v) is 11.3. The highest BCUT2D eigenvalue weighted by Crippen LogP contribution is 2.36. The Kier molecular flexibility index (Phi) is 2.87. The maximum absolute atomic E-state index is 5.71. The van der Waals surface area contributed by atoms with E-state index in [1.807, 2.05) is 24.3 Å². The summed E-state index contributed by atoms with van der Waals surface area (Å²) < 4.78 is 6.98. The summed E-state index contributed by atoms with van der Waals surface area (Å²) >= 11 is 5.03. The Labute approximate surface area is 116 Å². The van der Waals surface area contributed by atoms with Crippen molar-refractivity contribution in [3.05, 3.63) is 29.8 Å². The van der Waals surface area contributed by atoms with Gasteiger partial charge in [0, 0.05) is 17.7 Å². The number of anilines is 1. The lowest BCUT2D eigenvalue weighted by molar-refractivity contribution is 0.416. The first-order chi connectivity index (χ1) is 9.22. The third-order valence-corrected chi connectivity index (χ3v) is 3.39. The highest BCUT2D eigenvalue weighted by molar-refractivity contribution is 7.80. The van der Waals surface area contributed by atoms with Crippen molar-refractivity contribution in [2.75, 3.05) is 19.0 Å². The van der Waals surface area contributed by atoms with Crippen molar-refractivity contribution in [2.45, 2.75) is 6.42 Å². The second-order valence-corrected chi connectivity index (χ2v) is 4.72. The molecule has 1 aliphatic heterocycles. The van der Waals surface area contributed by atoms with Crippen LogP contribution in [-0.4, -0.2) is 28.5 Å². The molecule has 1 aromatic carbocycles. The van der Waals surface area contributed by atoms with Crippen molar-refractivity contribution in [3.63, 3.8) is 0 Å². The molecule has 0 fully saturated rings. The number of para-hydroxylation sites is 1. The van der Waals surface area contributed by atoms with Crippen LogP contribution in [-0.2, 0) is 6.42 Å². The molecule has 2 aromatic rings. The minimum absolute atomic E-state index is 0.242. The molecule has 0 atom stereocenters. The number of hydrogen-bond donors (Lipinski definition) is 2. The van der Waals surface area contributed by atoms with Crippen LogP contribution in [0.4, 0.5) is 5.82 Å². The Balaban J connectivity index is 2.21. The second kappa shape index (κ2) is 4.55. The molecule has 2 heterocycles. The van der Waals surface area contributed by atoms with Crippen LogP contribution in [0.15, 0.2) is 24.3 Å². The number of benzene rings is 1. The van der Waals surface area contributed by atoms with Gasteiger partial charge in [-0.2, -0.15) is 9.78 Å². The van der Waals surface area contributed by atoms with Gasteiger partial charge < -0.3 is 15.8 Å². The molecular weight excluding hydrogens is 260 g/mol. The molecule has 0 saturated carbocycles. The average molecular weight is 274 g/mol. The number of fused-ring (bicyclic) bond motifs is 1. The first kappa shape index (κ1) is 12.0. The van der Waals surface area contributed by atoms with Crippen LogP contribution in [0, 0.1) is 0 Å². The van der Waals surface area contributed by atoms with E-state index in [0.717, 1.165) is 41.4 Å². The Morgan fingerprint density at radius 2 is 2.26 bits per heavy atom. The quantitative estimate of drug-likeness (QED) is 0.815. The topological polar surface area (TPSA) is 65.1 Å². The first-order valence-corrected chi connectivity index (χ1v) is 6.42. The molecule has 0 bridgehead atoms. The van der Waals surface area contributed by atoms with E-state index in [0.29, 0.717) is 0 Å². The third kappa shape index (κ3) is 1.84. The number of aromatic nitrogens is 2. The lowest BCUT2D eigenvalue weighted by atomic mass is 10.1. The van der Waals surface area contributed by atoms with Gasteiger partial charge >= 0.3 is 0 Å². The van der Waals surface area contributed by atoms with Crippen LogP contribution >= 0.6 is 12.2 Å². The smallest absolute Gasteiger partial charge is 0.193 e. The van der Waals surface area contributed by atoms with E-state index in [4.69, 9.17) is 22.7 Å². The van der Waals surface area contributed by atoms with Crippen LogP contribution in [0.5, 0.6) is 5.75 Å². The number of hydrogen-bond acceptors (Lipinski definition) is 4. The molecule has 3 rings (SSSR count). The maximum Gasteiger partial charge on any atom is 0.193 e. The first-order valence-electron chi connectivity index (χ1n) is 6.01. The van der Waals surface area contributed by atoms with Gasteiger partial charge in [-0.05, 0) is 30.8 Å². The van der Waals surface area contributed by atoms with Crippen molar-refractivity contribution in [1.82, 2.24) is 9.78 Å².